The first-order valence-electron chi connectivity index (χ1n) is 6.35. The van der Waals surface area contributed by atoms with E-state index >= 15 is 0 Å². The zero-order valence-corrected chi connectivity index (χ0v) is 12.5. The molecule has 2 aromatic heterocycles. The summed E-state index contributed by atoms with van der Waals surface area (Å²) in [5, 5.41) is 10.7. The van der Waals surface area contributed by atoms with Gasteiger partial charge in [-0.3, -0.25) is 10.1 Å². The molecule has 21 heavy (non-hydrogen) atoms. The number of rotatable bonds is 3. The van der Waals surface area contributed by atoms with Crippen molar-refractivity contribution in [3.05, 3.63) is 51.0 Å². The lowest BCUT2D eigenvalue weighted by molar-refractivity contribution is -0.385. The standard InChI is InChI=1S/C13H12BrN3O4/c14-10-6-9(17(18)19)7-15-13(10)16-3-5-21-12(8-16)11-2-1-4-20-11/h1-2,4,6-7,12H,3,5,8H2. The molecule has 0 aromatic carbocycles. The molecule has 0 spiro atoms. The first kappa shape index (κ1) is 14.0. The molecule has 1 saturated heterocycles. The van der Waals surface area contributed by atoms with Crippen LogP contribution in [0.25, 0.3) is 0 Å². The molecule has 1 unspecified atom stereocenters. The quantitative estimate of drug-likeness (QED) is 0.623. The van der Waals surface area contributed by atoms with E-state index in [0.717, 1.165) is 5.76 Å². The van der Waals surface area contributed by atoms with Crippen molar-refractivity contribution < 1.29 is 14.1 Å². The predicted molar refractivity (Wildman–Crippen MR) is 78.2 cm³/mol. The maximum absolute atomic E-state index is 10.7. The third-order valence-electron chi connectivity index (χ3n) is 3.24. The minimum absolute atomic E-state index is 0.0403. The molecule has 0 radical (unpaired) electrons. The smallest absolute Gasteiger partial charge is 0.288 e. The van der Waals surface area contributed by atoms with Crippen molar-refractivity contribution in [3.8, 4) is 0 Å². The lowest BCUT2D eigenvalue weighted by Gasteiger charge is -2.33. The van der Waals surface area contributed by atoms with Crippen molar-refractivity contribution in [2.45, 2.75) is 6.10 Å². The fourth-order valence-corrected chi connectivity index (χ4v) is 2.83. The van der Waals surface area contributed by atoms with Crippen molar-refractivity contribution in [3.63, 3.8) is 0 Å². The van der Waals surface area contributed by atoms with Crippen molar-refractivity contribution in [2.75, 3.05) is 24.6 Å². The largest absolute Gasteiger partial charge is 0.467 e. The van der Waals surface area contributed by atoms with Crippen LogP contribution in [0, 0.1) is 10.1 Å². The maximum atomic E-state index is 10.7. The first-order chi connectivity index (χ1) is 10.1. The van der Waals surface area contributed by atoms with Crippen LogP contribution in [0.15, 0.2) is 39.5 Å². The van der Waals surface area contributed by atoms with E-state index in [1.54, 1.807) is 6.26 Å². The summed E-state index contributed by atoms with van der Waals surface area (Å²) in [5.74, 6) is 1.43. The molecule has 1 aliphatic heterocycles. The second-order valence-corrected chi connectivity index (χ2v) is 5.43. The second-order valence-electron chi connectivity index (χ2n) is 4.58. The van der Waals surface area contributed by atoms with Crippen LogP contribution in [0.2, 0.25) is 0 Å². The summed E-state index contributed by atoms with van der Waals surface area (Å²) >= 11 is 3.35. The number of nitro groups is 1. The molecule has 0 N–H and O–H groups in total. The number of morpholine rings is 1. The number of nitrogens with zero attached hydrogens (tertiary/aromatic N) is 3. The molecule has 0 saturated carbocycles. The van der Waals surface area contributed by atoms with E-state index in [0.29, 0.717) is 30.0 Å². The molecule has 0 bridgehead atoms. The van der Waals surface area contributed by atoms with Crippen molar-refractivity contribution >= 4 is 27.4 Å². The van der Waals surface area contributed by atoms with Gasteiger partial charge in [0.25, 0.3) is 5.69 Å². The Kier molecular flexibility index (Phi) is 3.89. The summed E-state index contributed by atoms with van der Waals surface area (Å²) in [7, 11) is 0. The number of hydrogen-bond acceptors (Lipinski definition) is 6. The molecule has 110 valence electrons. The highest BCUT2D eigenvalue weighted by molar-refractivity contribution is 9.10. The summed E-state index contributed by atoms with van der Waals surface area (Å²) in [6.07, 6.45) is 2.70. The van der Waals surface area contributed by atoms with E-state index in [1.807, 2.05) is 17.0 Å². The zero-order chi connectivity index (χ0) is 14.8. The van der Waals surface area contributed by atoms with E-state index in [9.17, 15) is 10.1 Å². The molecule has 1 atom stereocenters. The van der Waals surface area contributed by atoms with E-state index < -0.39 is 4.92 Å². The van der Waals surface area contributed by atoms with Crippen LogP contribution in [0.1, 0.15) is 11.9 Å². The van der Waals surface area contributed by atoms with Gasteiger partial charge in [0.15, 0.2) is 0 Å². The molecule has 3 rings (SSSR count). The Hall–Kier alpha value is -1.93. The van der Waals surface area contributed by atoms with E-state index in [4.69, 9.17) is 9.15 Å². The molecule has 0 amide bonds. The van der Waals surface area contributed by atoms with E-state index in [-0.39, 0.29) is 11.8 Å². The monoisotopic (exact) mass is 353 g/mol. The number of ether oxygens (including phenoxy) is 1. The molecule has 2 aromatic rings. The number of furan rings is 1. The third-order valence-corrected chi connectivity index (χ3v) is 3.83. The van der Waals surface area contributed by atoms with Crippen LogP contribution in [0.3, 0.4) is 0 Å². The number of aromatic nitrogens is 1. The number of hydrogen-bond donors (Lipinski definition) is 0. The summed E-state index contributed by atoms with van der Waals surface area (Å²) in [4.78, 5) is 16.5. The van der Waals surface area contributed by atoms with Crippen molar-refractivity contribution in [1.29, 1.82) is 0 Å². The third kappa shape index (κ3) is 2.91. The number of pyridine rings is 1. The van der Waals surface area contributed by atoms with Gasteiger partial charge in [-0.05, 0) is 28.1 Å². The van der Waals surface area contributed by atoms with Gasteiger partial charge in [0, 0.05) is 12.6 Å². The topological polar surface area (TPSA) is 81.6 Å². The summed E-state index contributed by atoms with van der Waals surface area (Å²) in [5.41, 5.74) is -0.0403. The highest BCUT2D eigenvalue weighted by Gasteiger charge is 2.26. The Labute approximate surface area is 128 Å². The van der Waals surface area contributed by atoms with Gasteiger partial charge in [-0.1, -0.05) is 0 Å². The normalized spacial score (nSPS) is 18.7. The summed E-state index contributed by atoms with van der Waals surface area (Å²) in [6, 6.07) is 5.14. The lowest BCUT2D eigenvalue weighted by Crippen LogP contribution is -2.38. The highest BCUT2D eigenvalue weighted by atomic mass is 79.9. The first-order valence-corrected chi connectivity index (χ1v) is 7.14. The van der Waals surface area contributed by atoms with Crippen molar-refractivity contribution in [2.24, 2.45) is 0 Å². The van der Waals surface area contributed by atoms with Gasteiger partial charge in [-0.15, -0.1) is 0 Å². The maximum Gasteiger partial charge on any atom is 0.288 e. The summed E-state index contributed by atoms with van der Waals surface area (Å²) < 4.78 is 11.6. The highest BCUT2D eigenvalue weighted by Crippen LogP contribution is 2.31. The Morgan fingerprint density at radius 3 is 3.05 bits per heavy atom. The molecular formula is C13H12BrN3O4. The molecule has 0 aliphatic carbocycles. The Morgan fingerprint density at radius 1 is 1.52 bits per heavy atom. The van der Waals surface area contributed by atoms with Crippen LogP contribution >= 0.6 is 15.9 Å². The van der Waals surface area contributed by atoms with E-state index in [1.165, 1.54) is 12.3 Å². The van der Waals surface area contributed by atoms with Gasteiger partial charge in [0.1, 0.15) is 23.9 Å². The van der Waals surface area contributed by atoms with Gasteiger partial charge >= 0.3 is 0 Å². The van der Waals surface area contributed by atoms with Gasteiger partial charge in [-0.25, -0.2) is 4.98 Å². The Bertz CT molecular complexity index is 647. The van der Waals surface area contributed by atoms with Crippen LogP contribution in [0.4, 0.5) is 11.5 Å². The molecule has 7 nitrogen and oxygen atoms in total. The Morgan fingerprint density at radius 2 is 2.38 bits per heavy atom. The summed E-state index contributed by atoms with van der Waals surface area (Å²) in [6.45, 7) is 1.79. The SMILES string of the molecule is O=[N+]([O-])c1cnc(N2CCOC(c3ccco3)C2)c(Br)c1. The Balaban J connectivity index is 1.82. The van der Waals surface area contributed by atoms with Gasteiger partial charge in [0.05, 0.1) is 28.8 Å². The number of anilines is 1. The molecule has 3 heterocycles. The fourth-order valence-electron chi connectivity index (χ4n) is 2.24. The fraction of sp³-hybridized carbons (Fsp3) is 0.308. The lowest BCUT2D eigenvalue weighted by atomic mass is 10.2. The molecule has 1 aliphatic rings. The zero-order valence-electron chi connectivity index (χ0n) is 10.9. The van der Waals surface area contributed by atoms with Crippen LogP contribution in [-0.4, -0.2) is 29.6 Å². The average Bonchev–Trinajstić information content (AvgIpc) is 3.01. The van der Waals surface area contributed by atoms with Crippen LogP contribution in [0.5, 0.6) is 0 Å². The van der Waals surface area contributed by atoms with Gasteiger partial charge < -0.3 is 14.1 Å². The molecule has 8 heteroatoms. The molecular weight excluding hydrogens is 342 g/mol. The second kappa shape index (κ2) is 5.82. The number of halogens is 1. The average molecular weight is 354 g/mol. The minimum Gasteiger partial charge on any atom is -0.467 e. The van der Waals surface area contributed by atoms with Gasteiger partial charge in [0.2, 0.25) is 0 Å². The minimum atomic E-state index is -0.466. The van der Waals surface area contributed by atoms with E-state index in [2.05, 4.69) is 20.9 Å². The van der Waals surface area contributed by atoms with Crippen molar-refractivity contribution in [1.82, 2.24) is 4.98 Å². The van der Waals surface area contributed by atoms with Gasteiger partial charge in [-0.2, -0.15) is 0 Å². The molecule has 1 fully saturated rings. The van der Waals surface area contributed by atoms with Crippen LogP contribution in [-0.2, 0) is 4.74 Å². The predicted octanol–water partition coefficient (Wildman–Crippen LogP) is 2.92. The van der Waals surface area contributed by atoms with Crippen LogP contribution < -0.4 is 4.90 Å².